The normalized spacial score (nSPS) is 12.4. The lowest BCUT2D eigenvalue weighted by molar-refractivity contribution is -0.119. The number of hydrogen-bond donors (Lipinski definition) is 1. The maximum Gasteiger partial charge on any atom is 0.257 e. The summed E-state index contributed by atoms with van der Waals surface area (Å²) in [6, 6.07) is 19.6. The van der Waals surface area contributed by atoms with E-state index in [1.807, 2.05) is 48.7 Å². The molecule has 0 bridgehead atoms. The number of para-hydroxylation sites is 1. The first-order chi connectivity index (χ1) is 16.1. The number of rotatable bonds is 5. The molecule has 1 N–H and O–H groups in total. The second kappa shape index (κ2) is 8.58. The summed E-state index contributed by atoms with van der Waals surface area (Å²) in [5, 5.41) is 7.03. The van der Waals surface area contributed by atoms with Crippen molar-refractivity contribution in [2.24, 2.45) is 0 Å². The van der Waals surface area contributed by atoms with Crippen LogP contribution in [0.2, 0.25) is 0 Å². The zero-order valence-electron chi connectivity index (χ0n) is 17.7. The van der Waals surface area contributed by atoms with Crippen molar-refractivity contribution in [1.29, 1.82) is 0 Å². The Morgan fingerprint density at radius 1 is 1.00 bits per heavy atom. The van der Waals surface area contributed by atoms with Gasteiger partial charge in [0.1, 0.15) is 6.54 Å². The van der Waals surface area contributed by atoms with E-state index in [1.165, 1.54) is 22.9 Å². The minimum Gasteiger partial charge on any atom is -0.322 e. The smallest absolute Gasteiger partial charge is 0.257 e. The van der Waals surface area contributed by atoms with Gasteiger partial charge in [0, 0.05) is 42.6 Å². The molecule has 2 amide bonds. The fourth-order valence-corrected chi connectivity index (χ4v) is 3.97. The molecule has 0 spiro atoms. The number of nitrogens with zero attached hydrogens (tertiary/aromatic N) is 4. The van der Waals surface area contributed by atoms with Gasteiger partial charge in [-0.15, -0.1) is 0 Å². The van der Waals surface area contributed by atoms with Crippen molar-refractivity contribution < 1.29 is 9.59 Å². The third-order valence-electron chi connectivity index (χ3n) is 5.61. The minimum atomic E-state index is -0.375. The number of benzene rings is 2. The van der Waals surface area contributed by atoms with Crippen molar-refractivity contribution >= 4 is 23.2 Å². The molecular weight excluding hydrogens is 418 g/mol. The van der Waals surface area contributed by atoms with Gasteiger partial charge in [0.15, 0.2) is 0 Å². The summed E-state index contributed by atoms with van der Waals surface area (Å²) in [6.45, 7) is 0.447. The highest BCUT2D eigenvalue weighted by Crippen LogP contribution is 2.27. The summed E-state index contributed by atoms with van der Waals surface area (Å²) in [6.07, 6.45) is 5.70. The van der Waals surface area contributed by atoms with Crippen LogP contribution in [0.25, 0.3) is 5.69 Å². The second-order valence-corrected chi connectivity index (χ2v) is 7.76. The Balaban J connectivity index is 1.33. The van der Waals surface area contributed by atoms with Gasteiger partial charge in [-0.3, -0.25) is 14.4 Å². The highest BCUT2D eigenvalue weighted by Gasteiger charge is 2.24. The van der Waals surface area contributed by atoms with Crippen molar-refractivity contribution in [3.05, 3.63) is 107 Å². The average Bonchev–Trinajstić information content (AvgIpc) is 3.51. The van der Waals surface area contributed by atoms with Gasteiger partial charge >= 0.3 is 0 Å². The lowest BCUT2D eigenvalue weighted by atomic mass is 10.2. The summed E-state index contributed by atoms with van der Waals surface area (Å²) in [5.74, 6) is -0.563. The van der Waals surface area contributed by atoms with Gasteiger partial charge in [-0.05, 0) is 48.4 Å². The molecular formula is C25H21N5O3. The molecule has 0 atom stereocenters. The lowest BCUT2D eigenvalue weighted by Gasteiger charge is -2.18. The van der Waals surface area contributed by atoms with Gasteiger partial charge < -0.3 is 14.8 Å². The van der Waals surface area contributed by atoms with Gasteiger partial charge in [0.2, 0.25) is 5.91 Å². The second-order valence-electron chi connectivity index (χ2n) is 7.76. The van der Waals surface area contributed by atoms with Crippen molar-refractivity contribution in [2.75, 3.05) is 16.8 Å². The summed E-state index contributed by atoms with van der Waals surface area (Å²) in [7, 11) is 0. The Bertz CT molecular complexity index is 1390. The highest BCUT2D eigenvalue weighted by atomic mass is 16.2. The fourth-order valence-electron chi connectivity index (χ4n) is 3.97. The third kappa shape index (κ3) is 4.18. The summed E-state index contributed by atoms with van der Waals surface area (Å²) in [5.41, 5.74) is 3.33. The van der Waals surface area contributed by atoms with Crippen LogP contribution in [0.15, 0.2) is 90.1 Å². The molecule has 2 aromatic carbocycles. The third-order valence-corrected chi connectivity index (χ3v) is 5.61. The minimum absolute atomic E-state index is 0.136. The molecule has 3 heterocycles. The summed E-state index contributed by atoms with van der Waals surface area (Å²) < 4.78 is 2.97. The van der Waals surface area contributed by atoms with Crippen LogP contribution in [0.5, 0.6) is 0 Å². The lowest BCUT2D eigenvalue weighted by Crippen LogP contribution is -2.35. The van der Waals surface area contributed by atoms with Crippen molar-refractivity contribution in [1.82, 2.24) is 14.3 Å². The van der Waals surface area contributed by atoms with E-state index in [2.05, 4.69) is 10.4 Å². The Morgan fingerprint density at radius 2 is 1.88 bits per heavy atom. The van der Waals surface area contributed by atoms with E-state index in [0.29, 0.717) is 12.2 Å². The van der Waals surface area contributed by atoms with Gasteiger partial charge in [-0.25, -0.2) is 4.68 Å². The average molecular weight is 439 g/mol. The molecule has 0 saturated carbocycles. The standard InChI is InChI=1S/C25H21N5O3/c31-23-10-9-19(25(33)27-20-6-3-7-21(15-20)30-13-4-12-26-30)16-28(23)17-24(32)29-14-11-18-5-1-2-8-22(18)29/h1-10,12-13,15-16H,11,14,17H2,(H,27,33). The van der Waals surface area contributed by atoms with Crippen LogP contribution in [0.4, 0.5) is 11.4 Å². The maximum atomic E-state index is 12.9. The van der Waals surface area contributed by atoms with E-state index in [1.54, 1.807) is 27.9 Å². The fraction of sp³-hybridized carbons (Fsp3) is 0.120. The molecule has 2 aromatic heterocycles. The molecule has 0 aliphatic carbocycles. The summed E-state index contributed by atoms with van der Waals surface area (Å²) in [4.78, 5) is 39.8. The monoisotopic (exact) mass is 439 g/mol. The zero-order valence-corrected chi connectivity index (χ0v) is 17.7. The van der Waals surface area contributed by atoms with E-state index in [0.717, 1.165) is 23.4 Å². The van der Waals surface area contributed by atoms with Gasteiger partial charge in [-0.1, -0.05) is 24.3 Å². The molecule has 1 aliphatic heterocycles. The molecule has 4 aromatic rings. The Morgan fingerprint density at radius 3 is 2.73 bits per heavy atom. The number of amides is 2. The molecule has 0 radical (unpaired) electrons. The number of anilines is 2. The number of hydrogen-bond acceptors (Lipinski definition) is 4. The Kier molecular flexibility index (Phi) is 5.32. The van der Waals surface area contributed by atoms with E-state index in [9.17, 15) is 14.4 Å². The predicted molar refractivity (Wildman–Crippen MR) is 125 cm³/mol. The molecule has 8 heteroatoms. The molecule has 0 saturated heterocycles. The van der Waals surface area contributed by atoms with Crippen LogP contribution in [-0.4, -0.2) is 32.7 Å². The van der Waals surface area contributed by atoms with Crippen LogP contribution in [0.3, 0.4) is 0 Å². The molecule has 5 rings (SSSR count). The van der Waals surface area contributed by atoms with Gasteiger partial charge in [-0.2, -0.15) is 5.10 Å². The van der Waals surface area contributed by atoms with Crippen molar-refractivity contribution in [3.63, 3.8) is 0 Å². The SMILES string of the molecule is O=C(Nc1cccc(-n2cccn2)c1)c1ccc(=O)n(CC(=O)N2CCc3ccccc32)c1. The topological polar surface area (TPSA) is 89.2 Å². The maximum absolute atomic E-state index is 12.9. The first-order valence-corrected chi connectivity index (χ1v) is 10.6. The number of pyridine rings is 1. The molecule has 0 unspecified atom stereocenters. The number of aromatic nitrogens is 3. The van der Waals surface area contributed by atoms with E-state index in [4.69, 9.17) is 0 Å². The molecule has 8 nitrogen and oxygen atoms in total. The highest BCUT2D eigenvalue weighted by molar-refractivity contribution is 6.04. The Labute approximate surface area is 189 Å². The summed E-state index contributed by atoms with van der Waals surface area (Å²) >= 11 is 0. The van der Waals surface area contributed by atoms with Crippen LogP contribution in [0, 0.1) is 0 Å². The van der Waals surface area contributed by atoms with Crippen molar-refractivity contribution in [2.45, 2.75) is 13.0 Å². The van der Waals surface area contributed by atoms with E-state index < -0.39 is 0 Å². The molecule has 1 aliphatic rings. The molecule has 164 valence electrons. The Hall–Kier alpha value is -4.46. The van der Waals surface area contributed by atoms with Crippen molar-refractivity contribution in [3.8, 4) is 5.69 Å². The predicted octanol–water partition coefficient (Wildman–Crippen LogP) is 2.88. The van der Waals surface area contributed by atoms with Crippen LogP contribution in [0.1, 0.15) is 15.9 Å². The molecule has 0 fully saturated rings. The first-order valence-electron chi connectivity index (χ1n) is 10.6. The van der Waals surface area contributed by atoms with Gasteiger partial charge in [0.25, 0.3) is 11.5 Å². The van der Waals surface area contributed by atoms with Crippen LogP contribution >= 0.6 is 0 Å². The largest absolute Gasteiger partial charge is 0.322 e. The number of carbonyl (C=O) groups is 2. The van der Waals surface area contributed by atoms with E-state index in [-0.39, 0.29) is 29.5 Å². The first kappa shape index (κ1) is 20.4. The number of fused-ring (bicyclic) bond motifs is 1. The number of nitrogens with one attached hydrogen (secondary N) is 1. The van der Waals surface area contributed by atoms with Gasteiger partial charge in [0.05, 0.1) is 11.3 Å². The van der Waals surface area contributed by atoms with E-state index >= 15 is 0 Å². The molecule has 33 heavy (non-hydrogen) atoms. The number of carbonyl (C=O) groups excluding carboxylic acids is 2. The van der Waals surface area contributed by atoms with Crippen LogP contribution in [-0.2, 0) is 17.8 Å². The zero-order chi connectivity index (χ0) is 22.8. The van der Waals surface area contributed by atoms with Crippen LogP contribution < -0.4 is 15.8 Å². The quantitative estimate of drug-likeness (QED) is 0.518.